The quantitative estimate of drug-likeness (QED) is 0.601. The lowest BCUT2D eigenvalue weighted by molar-refractivity contribution is 0.0607. The number of amides is 1. The van der Waals surface area contributed by atoms with Crippen molar-refractivity contribution < 1.29 is 13.7 Å². The normalized spacial score (nSPS) is 13.1. The molecule has 2 heterocycles. The van der Waals surface area contributed by atoms with Gasteiger partial charge in [-0.25, -0.2) is 23.4 Å². The Balaban J connectivity index is 1.97. The molecule has 1 amide bonds. The van der Waals surface area contributed by atoms with Gasteiger partial charge in [-0.2, -0.15) is 5.26 Å². The Hall–Kier alpha value is -3.75. The predicted octanol–water partition coefficient (Wildman–Crippen LogP) is 3.30. The van der Waals surface area contributed by atoms with Gasteiger partial charge in [0.25, 0.3) is 5.56 Å². The summed E-state index contributed by atoms with van der Waals surface area (Å²) < 4.78 is 25.8. The van der Waals surface area contributed by atoms with Gasteiger partial charge in [0.2, 0.25) is 0 Å². The molecular weight excluding hydrogens is 444 g/mol. The first-order valence-corrected chi connectivity index (χ1v) is 11.5. The zero-order chi connectivity index (χ0) is 24.4. The maximum Gasteiger partial charge on any atom is 0.443 e. The highest BCUT2D eigenvalue weighted by Gasteiger charge is 2.21. The molecule has 3 aromatic rings. The maximum absolute atomic E-state index is 13.1. The molecule has 10 nitrogen and oxygen atoms in total. The molecule has 2 N–H and O–H groups in total. The maximum atomic E-state index is 13.1. The Morgan fingerprint density at radius 1 is 1.24 bits per heavy atom. The Labute approximate surface area is 191 Å². The lowest BCUT2D eigenvalue weighted by Crippen LogP contribution is -2.25. The van der Waals surface area contributed by atoms with E-state index in [0.29, 0.717) is 22.4 Å². The molecule has 0 saturated heterocycles. The van der Waals surface area contributed by atoms with Crippen molar-refractivity contribution in [3.05, 3.63) is 64.2 Å². The molecule has 1 atom stereocenters. The number of carbonyl (C=O) groups is 1. The summed E-state index contributed by atoms with van der Waals surface area (Å²) in [6.45, 7) is 6.80. The number of nitrogens with one attached hydrogen (secondary N) is 2. The first kappa shape index (κ1) is 23.9. The fraction of sp³-hybridized carbons (Fsp3) is 0.273. The smallest absolute Gasteiger partial charge is 0.442 e. The van der Waals surface area contributed by atoms with Gasteiger partial charge < -0.3 is 4.74 Å². The number of hydrogen-bond acceptors (Lipinski definition) is 6. The molecule has 0 aliphatic carbocycles. The van der Waals surface area contributed by atoms with E-state index in [-0.39, 0.29) is 16.3 Å². The van der Waals surface area contributed by atoms with Crippen LogP contribution in [0.25, 0.3) is 16.9 Å². The second kappa shape index (κ2) is 9.01. The molecule has 1 aromatic carbocycles. The lowest BCUT2D eigenvalue weighted by atomic mass is 10.1. The van der Waals surface area contributed by atoms with Crippen molar-refractivity contribution in [1.29, 1.82) is 5.26 Å². The van der Waals surface area contributed by atoms with Crippen LogP contribution in [0.4, 0.5) is 4.79 Å². The number of hydrogen-bond donors (Lipinski definition) is 2. The van der Waals surface area contributed by atoms with Crippen LogP contribution in [0.3, 0.4) is 0 Å². The predicted molar refractivity (Wildman–Crippen MR) is 123 cm³/mol. The van der Waals surface area contributed by atoms with E-state index < -0.39 is 21.6 Å². The number of ether oxygens (including phenoxy) is 1. The summed E-state index contributed by atoms with van der Waals surface area (Å²) in [6, 6.07) is 11.7. The van der Waals surface area contributed by atoms with Crippen LogP contribution in [0, 0.1) is 18.3 Å². The molecule has 0 aliphatic rings. The van der Waals surface area contributed by atoms with Crippen molar-refractivity contribution in [2.75, 3.05) is 7.05 Å². The number of carbonyl (C=O) groups excluding carboxylic acids is 1. The molecule has 33 heavy (non-hydrogen) atoms. The van der Waals surface area contributed by atoms with Crippen LogP contribution in [-0.4, -0.2) is 37.7 Å². The molecule has 0 saturated carbocycles. The zero-order valence-corrected chi connectivity index (χ0v) is 19.7. The van der Waals surface area contributed by atoms with E-state index in [1.807, 2.05) is 6.07 Å². The number of aryl methyl sites for hydroxylation is 1. The minimum absolute atomic E-state index is 0.156. The standard InChI is InChI=1S/C22H24N6O4S/c1-14-19(16-8-6-15(12-23)7-9-16)20(29)28(26-14)18-11-10-17(13-25-18)33(31,24-5)27-21(30)32-22(2,3)4/h6-11,13,26H,1-5H3,(H,24,27,30,31). The molecule has 0 aliphatic heterocycles. The van der Waals surface area contributed by atoms with Crippen molar-refractivity contribution in [3.63, 3.8) is 0 Å². The van der Waals surface area contributed by atoms with E-state index in [9.17, 15) is 13.8 Å². The number of nitriles is 1. The van der Waals surface area contributed by atoms with Crippen LogP contribution in [0.2, 0.25) is 0 Å². The lowest BCUT2D eigenvalue weighted by Gasteiger charge is -2.18. The number of H-pyrrole nitrogens is 1. The summed E-state index contributed by atoms with van der Waals surface area (Å²) in [6.07, 6.45) is 0.320. The van der Waals surface area contributed by atoms with Crippen LogP contribution in [0.5, 0.6) is 0 Å². The van der Waals surface area contributed by atoms with E-state index in [2.05, 4.69) is 19.2 Å². The summed E-state index contributed by atoms with van der Waals surface area (Å²) >= 11 is 0. The Bertz CT molecular complexity index is 1400. The van der Waals surface area contributed by atoms with Crippen LogP contribution in [0.1, 0.15) is 32.0 Å². The van der Waals surface area contributed by atoms with Crippen molar-refractivity contribution >= 4 is 16.0 Å². The van der Waals surface area contributed by atoms with Crippen molar-refractivity contribution in [2.24, 2.45) is 4.36 Å². The average Bonchev–Trinajstić information content (AvgIpc) is 3.06. The SMILES string of the molecule is CNS(=O)(=NC(=O)OC(C)(C)C)c1ccc(-n2[nH]c(C)c(-c3ccc(C#N)cc3)c2=O)nc1. The number of benzene rings is 1. The molecule has 2 aromatic heterocycles. The van der Waals surface area contributed by atoms with Crippen molar-refractivity contribution in [1.82, 2.24) is 19.5 Å². The second-order valence-electron chi connectivity index (χ2n) is 8.10. The molecule has 1 unspecified atom stereocenters. The van der Waals surface area contributed by atoms with Gasteiger partial charge in [0, 0.05) is 11.9 Å². The summed E-state index contributed by atoms with van der Waals surface area (Å²) in [5, 5.41) is 11.9. The number of aromatic nitrogens is 3. The molecule has 0 bridgehead atoms. The van der Waals surface area contributed by atoms with E-state index in [0.717, 1.165) is 0 Å². The van der Waals surface area contributed by atoms with Crippen LogP contribution >= 0.6 is 0 Å². The molecular formula is C22H24N6O4S. The third-order valence-electron chi connectivity index (χ3n) is 4.52. The van der Waals surface area contributed by atoms with Gasteiger partial charge in [-0.3, -0.25) is 9.89 Å². The Morgan fingerprint density at radius 2 is 1.91 bits per heavy atom. The summed E-state index contributed by atoms with van der Waals surface area (Å²) in [5.74, 6) is 0.266. The van der Waals surface area contributed by atoms with Gasteiger partial charge in [0.1, 0.15) is 15.5 Å². The van der Waals surface area contributed by atoms with Gasteiger partial charge in [0.15, 0.2) is 5.82 Å². The van der Waals surface area contributed by atoms with E-state index >= 15 is 0 Å². The van der Waals surface area contributed by atoms with Gasteiger partial charge in [0.05, 0.1) is 22.1 Å². The van der Waals surface area contributed by atoms with Gasteiger partial charge >= 0.3 is 6.09 Å². The van der Waals surface area contributed by atoms with Gasteiger partial charge in [-0.15, -0.1) is 4.36 Å². The summed E-state index contributed by atoms with van der Waals surface area (Å²) in [7, 11) is -1.92. The molecule has 0 radical (unpaired) electrons. The average molecular weight is 469 g/mol. The van der Waals surface area contributed by atoms with Crippen molar-refractivity contribution in [3.8, 4) is 23.0 Å². The monoisotopic (exact) mass is 468 g/mol. The third kappa shape index (κ3) is 5.19. The number of pyridine rings is 1. The molecule has 0 fully saturated rings. The van der Waals surface area contributed by atoms with Crippen LogP contribution < -0.4 is 10.3 Å². The Kier molecular flexibility index (Phi) is 6.53. The zero-order valence-electron chi connectivity index (χ0n) is 18.9. The van der Waals surface area contributed by atoms with Gasteiger partial charge in [-0.1, -0.05) is 12.1 Å². The second-order valence-corrected chi connectivity index (χ2v) is 10.2. The first-order valence-electron chi connectivity index (χ1n) is 9.94. The van der Waals surface area contributed by atoms with Crippen molar-refractivity contribution in [2.45, 2.75) is 38.2 Å². The fourth-order valence-electron chi connectivity index (χ4n) is 3.03. The van der Waals surface area contributed by atoms with E-state index in [4.69, 9.17) is 10.00 Å². The molecule has 11 heteroatoms. The highest BCUT2D eigenvalue weighted by Crippen LogP contribution is 2.21. The highest BCUT2D eigenvalue weighted by atomic mass is 32.2. The van der Waals surface area contributed by atoms with Crippen LogP contribution in [-0.2, 0) is 14.7 Å². The highest BCUT2D eigenvalue weighted by molar-refractivity contribution is 7.92. The minimum Gasteiger partial charge on any atom is -0.442 e. The molecule has 0 spiro atoms. The topological polar surface area (TPSA) is 142 Å². The minimum atomic E-state index is -3.32. The fourth-order valence-corrected chi connectivity index (χ4v) is 4.16. The Morgan fingerprint density at radius 3 is 2.42 bits per heavy atom. The summed E-state index contributed by atoms with van der Waals surface area (Å²) in [4.78, 5) is 29.5. The van der Waals surface area contributed by atoms with Crippen LogP contribution in [0.15, 0.2) is 56.6 Å². The molecule has 3 rings (SSSR count). The van der Waals surface area contributed by atoms with Gasteiger partial charge in [-0.05, 0) is 64.6 Å². The number of nitrogens with zero attached hydrogens (tertiary/aromatic N) is 4. The molecule has 172 valence electrons. The number of rotatable bonds is 4. The van der Waals surface area contributed by atoms with E-state index in [1.165, 1.54) is 30.1 Å². The number of aromatic amines is 1. The van der Waals surface area contributed by atoms with E-state index in [1.54, 1.807) is 52.0 Å². The third-order valence-corrected chi connectivity index (χ3v) is 6.36. The largest absolute Gasteiger partial charge is 0.443 e. The first-order chi connectivity index (χ1) is 15.5. The summed E-state index contributed by atoms with van der Waals surface area (Å²) in [5.41, 5.74) is 1.12.